The maximum atomic E-state index is 10.7. The van der Waals surface area contributed by atoms with Crippen molar-refractivity contribution in [3.8, 4) is 11.2 Å². The predicted octanol–water partition coefficient (Wildman–Crippen LogP) is 0.789. The van der Waals surface area contributed by atoms with Crippen LogP contribution < -0.4 is 0 Å². The Kier molecular flexibility index (Phi) is 6.21. The van der Waals surface area contributed by atoms with Gasteiger partial charge in [0.1, 0.15) is 0 Å². The van der Waals surface area contributed by atoms with E-state index in [0.717, 1.165) is 0 Å². The zero-order valence-electron chi connectivity index (χ0n) is 6.79. The minimum atomic E-state index is -0.304. The highest BCUT2D eigenvalue weighted by molar-refractivity contribution is 7.85. The third-order valence-corrected chi connectivity index (χ3v) is 1.32. The molecule has 0 N–H and O–H groups in total. The van der Waals surface area contributed by atoms with E-state index in [9.17, 15) is 9.59 Å². The third kappa shape index (κ3) is 5.81. The minimum Gasteiger partial charge on any atom is -0.469 e. The monoisotopic (exact) mass is 186 g/mol. The van der Waals surface area contributed by atoms with Gasteiger partial charge in [-0.3, -0.25) is 9.59 Å². The first-order valence-electron chi connectivity index (χ1n) is 3.45. The van der Waals surface area contributed by atoms with Gasteiger partial charge in [-0.25, -0.2) is 0 Å². The van der Waals surface area contributed by atoms with E-state index < -0.39 is 0 Å². The van der Waals surface area contributed by atoms with Crippen LogP contribution in [-0.2, 0) is 14.3 Å². The van der Waals surface area contributed by atoms with Gasteiger partial charge in [0.15, 0.2) is 0 Å². The molecule has 3 nitrogen and oxygen atoms in total. The number of rotatable bonds is 4. The number of thiol groups is 1. The molecule has 66 valence electrons. The van der Waals surface area contributed by atoms with E-state index in [1.807, 2.05) is 0 Å². The Morgan fingerprint density at radius 2 is 2.08 bits per heavy atom. The lowest BCUT2D eigenvalue weighted by Gasteiger charge is -1.95. The summed E-state index contributed by atoms with van der Waals surface area (Å²) in [6, 6.07) is 0. The van der Waals surface area contributed by atoms with Crippen molar-refractivity contribution in [2.45, 2.75) is 19.3 Å². The highest BCUT2D eigenvalue weighted by Gasteiger charge is 2.02. The third-order valence-electron chi connectivity index (χ3n) is 1.21. The predicted molar refractivity (Wildman–Crippen MR) is 47.6 cm³/mol. The van der Waals surface area contributed by atoms with Crippen LogP contribution in [0.3, 0.4) is 0 Å². The maximum Gasteiger partial charge on any atom is 0.305 e. The quantitative estimate of drug-likeness (QED) is 0.401. The Morgan fingerprint density at radius 1 is 1.42 bits per heavy atom. The second kappa shape index (κ2) is 6.74. The lowest BCUT2D eigenvalue weighted by atomic mass is 10.2. The summed E-state index contributed by atoms with van der Waals surface area (Å²) in [5.41, 5.74) is 0. The maximum absolute atomic E-state index is 10.7. The van der Waals surface area contributed by atoms with Crippen LogP contribution in [0.1, 0.15) is 19.3 Å². The van der Waals surface area contributed by atoms with Gasteiger partial charge in [-0.15, -0.1) is 0 Å². The number of ketones is 1. The molecule has 4 heteroatoms. The molecule has 12 heavy (non-hydrogen) atoms. The normalized spacial score (nSPS) is 8.17. The number of carbonyl (C=O) groups is 2. The number of Topliss-reactive ketones (excluding diaryl/α,β-unsaturated/α-hetero) is 1. The SMILES string of the molecule is COC(=O)CCCC(=O)C#CS. The summed E-state index contributed by atoms with van der Waals surface area (Å²) in [6.07, 6.45) is 1.02. The van der Waals surface area contributed by atoms with Crippen molar-refractivity contribution < 1.29 is 14.3 Å². The summed E-state index contributed by atoms with van der Waals surface area (Å²) < 4.78 is 4.39. The fourth-order valence-electron chi connectivity index (χ4n) is 0.620. The first-order chi connectivity index (χ1) is 5.70. The van der Waals surface area contributed by atoms with Crippen LogP contribution in [0.5, 0.6) is 0 Å². The number of esters is 1. The second-order valence-electron chi connectivity index (χ2n) is 2.09. The average molecular weight is 186 g/mol. The number of hydrogen-bond acceptors (Lipinski definition) is 4. The highest BCUT2D eigenvalue weighted by Crippen LogP contribution is 1.97. The molecule has 0 atom stereocenters. The summed E-state index contributed by atoms with van der Waals surface area (Å²) in [7, 11) is 1.32. The molecule has 0 rings (SSSR count). The molecule has 0 spiro atoms. The molecule has 0 saturated carbocycles. The van der Waals surface area contributed by atoms with Gasteiger partial charge in [-0.2, -0.15) is 0 Å². The smallest absolute Gasteiger partial charge is 0.305 e. The van der Waals surface area contributed by atoms with Crippen molar-refractivity contribution in [2.24, 2.45) is 0 Å². The van der Waals surface area contributed by atoms with Crippen LogP contribution in [-0.4, -0.2) is 18.9 Å². The standard InChI is InChI=1S/C8H10O3S/c1-11-8(10)4-2-3-7(9)5-6-12/h12H,2-4H2,1H3. The fourth-order valence-corrected chi connectivity index (χ4v) is 0.745. The van der Waals surface area contributed by atoms with Gasteiger partial charge in [0.2, 0.25) is 5.78 Å². The Hall–Kier alpha value is -0.950. The topological polar surface area (TPSA) is 43.4 Å². The first kappa shape index (κ1) is 11.1. The molecule has 0 aromatic heterocycles. The molecule has 0 aromatic rings. The van der Waals surface area contributed by atoms with Crippen molar-refractivity contribution in [1.29, 1.82) is 0 Å². The van der Waals surface area contributed by atoms with Crippen molar-refractivity contribution >= 4 is 24.4 Å². The Morgan fingerprint density at radius 3 is 2.58 bits per heavy atom. The van der Waals surface area contributed by atoms with Gasteiger partial charge in [-0.1, -0.05) is 12.6 Å². The van der Waals surface area contributed by atoms with E-state index in [-0.39, 0.29) is 24.6 Å². The van der Waals surface area contributed by atoms with E-state index in [4.69, 9.17) is 0 Å². The summed E-state index contributed by atoms with van der Waals surface area (Å²) in [5.74, 6) is 1.76. The minimum absolute atomic E-state index is 0.200. The van der Waals surface area contributed by atoms with Gasteiger partial charge in [0, 0.05) is 12.8 Å². The van der Waals surface area contributed by atoms with Crippen LogP contribution in [0.25, 0.3) is 0 Å². The second-order valence-corrected chi connectivity index (χ2v) is 2.31. The number of carbonyl (C=O) groups excluding carboxylic acids is 2. The average Bonchev–Trinajstić information content (AvgIpc) is 2.04. The number of hydrogen-bond donors (Lipinski definition) is 1. The Balaban J connectivity index is 3.48. The summed E-state index contributed by atoms with van der Waals surface area (Å²) >= 11 is 3.57. The Labute approximate surface area is 76.9 Å². The lowest BCUT2D eigenvalue weighted by molar-refractivity contribution is -0.140. The fraction of sp³-hybridized carbons (Fsp3) is 0.500. The van der Waals surface area contributed by atoms with Crippen LogP contribution in [0.4, 0.5) is 0 Å². The molecule has 0 aromatic carbocycles. The summed E-state index contributed by atoms with van der Waals surface area (Å²) in [5, 5.41) is 2.20. The molecule has 0 bridgehead atoms. The van der Waals surface area contributed by atoms with Crippen LogP contribution >= 0.6 is 12.6 Å². The highest BCUT2D eigenvalue weighted by atomic mass is 32.1. The molecule has 0 aliphatic heterocycles. The number of ether oxygens (including phenoxy) is 1. The summed E-state index contributed by atoms with van der Waals surface area (Å²) in [4.78, 5) is 21.3. The largest absolute Gasteiger partial charge is 0.469 e. The van der Waals surface area contributed by atoms with E-state index in [1.165, 1.54) is 7.11 Å². The molecule has 0 aliphatic carbocycles. The molecule has 0 heterocycles. The van der Waals surface area contributed by atoms with Gasteiger partial charge in [0.05, 0.1) is 7.11 Å². The molecule has 0 saturated heterocycles. The van der Waals surface area contributed by atoms with Crippen molar-refractivity contribution in [3.63, 3.8) is 0 Å². The summed E-state index contributed by atoms with van der Waals surface area (Å²) in [6.45, 7) is 0. The molecule has 0 unspecified atom stereocenters. The van der Waals surface area contributed by atoms with Crippen molar-refractivity contribution in [1.82, 2.24) is 0 Å². The van der Waals surface area contributed by atoms with E-state index in [2.05, 4.69) is 28.5 Å². The molecular weight excluding hydrogens is 176 g/mol. The van der Waals surface area contributed by atoms with Gasteiger partial charge in [-0.05, 0) is 17.6 Å². The molecule has 0 amide bonds. The van der Waals surface area contributed by atoms with Crippen LogP contribution in [0.2, 0.25) is 0 Å². The zero-order valence-corrected chi connectivity index (χ0v) is 7.69. The van der Waals surface area contributed by atoms with Gasteiger partial charge < -0.3 is 4.74 Å². The van der Waals surface area contributed by atoms with E-state index in [1.54, 1.807) is 0 Å². The molecular formula is C8H10O3S. The van der Waals surface area contributed by atoms with E-state index in [0.29, 0.717) is 6.42 Å². The molecule has 0 aliphatic rings. The van der Waals surface area contributed by atoms with Gasteiger partial charge >= 0.3 is 5.97 Å². The first-order valence-corrected chi connectivity index (χ1v) is 3.90. The lowest BCUT2D eigenvalue weighted by Crippen LogP contribution is -2.01. The Bertz CT molecular complexity index is 224. The zero-order chi connectivity index (χ0) is 9.40. The van der Waals surface area contributed by atoms with Crippen molar-refractivity contribution in [3.05, 3.63) is 0 Å². The van der Waals surface area contributed by atoms with Crippen molar-refractivity contribution in [2.75, 3.05) is 7.11 Å². The van der Waals surface area contributed by atoms with Crippen LogP contribution in [0.15, 0.2) is 0 Å². The number of methoxy groups -OCH3 is 1. The van der Waals surface area contributed by atoms with Crippen LogP contribution in [0, 0.1) is 11.2 Å². The molecule has 0 radical (unpaired) electrons. The van der Waals surface area contributed by atoms with E-state index >= 15 is 0 Å². The van der Waals surface area contributed by atoms with Gasteiger partial charge in [0.25, 0.3) is 0 Å². The molecule has 0 fully saturated rings.